The van der Waals surface area contributed by atoms with Gasteiger partial charge in [-0.25, -0.2) is 0 Å². The van der Waals surface area contributed by atoms with Crippen LogP contribution in [-0.4, -0.2) is 19.3 Å². The van der Waals surface area contributed by atoms with E-state index in [9.17, 15) is 0 Å². The summed E-state index contributed by atoms with van der Waals surface area (Å²) in [6, 6.07) is 10.6. The van der Waals surface area contributed by atoms with E-state index in [1.54, 1.807) is 38.7 Å². The minimum Gasteiger partial charge on any atom is -0.508 e. The lowest BCUT2D eigenvalue weighted by Crippen LogP contribution is -1.82. The fourth-order valence-electron chi connectivity index (χ4n) is 1.77. The molecule has 4 nitrogen and oxygen atoms in total. The zero-order valence-electron chi connectivity index (χ0n) is 12.0. The Balaban J connectivity index is 0.000000164. The average molecular weight is 430 g/mol. The van der Waals surface area contributed by atoms with Gasteiger partial charge >= 0.3 is 0 Å². The van der Waals surface area contributed by atoms with E-state index in [0.717, 1.165) is 25.7 Å². The summed E-state index contributed by atoms with van der Waals surface area (Å²) in [5.74, 6) is 1.64. The highest BCUT2D eigenvalue weighted by atomic mass is 79.9. The summed E-state index contributed by atoms with van der Waals surface area (Å²) in [6.07, 6.45) is 1.66. The molecule has 0 saturated heterocycles. The Bertz CT molecular complexity index is 768. The molecule has 3 aromatic rings. The van der Waals surface area contributed by atoms with Gasteiger partial charge in [0, 0.05) is 17.5 Å². The molecule has 0 aliphatic carbocycles. The lowest BCUT2D eigenvalue weighted by molar-refractivity contribution is 0.405. The lowest BCUT2D eigenvalue weighted by Gasteiger charge is -2.01. The Morgan fingerprint density at radius 2 is 1.59 bits per heavy atom. The van der Waals surface area contributed by atoms with Crippen molar-refractivity contribution in [1.29, 1.82) is 0 Å². The van der Waals surface area contributed by atoms with Crippen molar-refractivity contribution in [3.8, 4) is 17.2 Å². The van der Waals surface area contributed by atoms with Gasteiger partial charge in [0.05, 0.1) is 29.4 Å². The number of aromatic hydroxyl groups is 1. The first-order chi connectivity index (χ1) is 10.5. The third-order valence-corrected chi connectivity index (χ3v) is 4.14. The van der Waals surface area contributed by atoms with Crippen LogP contribution in [0.4, 0.5) is 0 Å². The van der Waals surface area contributed by atoms with Crippen LogP contribution in [0.3, 0.4) is 0 Å². The van der Waals surface area contributed by atoms with Gasteiger partial charge in [-0.05, 0) is 56.1 Å². The minimum absolute atomic E-state index is 0.208. The molecular formula is C16H14Br2O4. The van der Waals surface area contributed by atoms with Crippen molar-refractivity contribution in [2.45, 2.75) is 0 Å². The van der Waals surface area contributed by atoms with E-state index in [-0.39, 0.29) is 5.75 Å². The van der Waals surface area contributed by atoms with Crippen LogP contribution in [0.25, 0.3) is 11.0 Å². The Hall–Kier alpha value is -1.66. The standard InChI is InChI=1S/C9H7BrO2.C7H7BrO2/c1-11-9-5-8-6(2-3-12-8)4-7(9)10;1-10-7-4-5(9)2-3-6(7)8/h2-5H,1H3;2-4,9H,1H3. The fourth-order valence-corrected chi connectivity index (χ4v) is 2.70. The van der Waals surface area contributed by atoms with Crippen molar-refractivity contribution in [2.75, 3.05) is 14.2 Å². The van der Waals surface area contributed by atoms with Crippen LogP contribution < -0.4 is 9.47 Å². The lowest BCUT2D eigenvalue weighted by atomic mass is 10.2. The maximum Gasteiger partial charge on any atom is 0.137 e. The number of fused-ring (bicyclic) bond motifs is 1. The monoisotopic (exact) mass is 428 g/mol. The highest BCUT2D eigenvalue weighted by molar-refractivity contribution is 9.10. The molecule has 22 heavy (non-hydrogen) atoms. The largest absolute Gasteiger partial charge is 0.508 e. The molecule has 1 N–H and O–H groups in total. The second-order valence-corrected chi connectivity index (χ2v) is 5.97. The van der Waals surface area contributed by atoms with Gasteiger partial charge in [0.25, 0.3) is 0 Å². The number of methoxy groups -OCH3 is 2. The minimum atomic E-state index is 0.208. The quantitative estimate of drug-likeness (QED) is 0.595. The summed E-state index contributed by atoms with van der Waals surface area (Å²) in [5, 5.41) is 10.0. The van der Waals surface area contributed by atoms with Crippen LogP contribution in [-0.2, 0) is 0 Å². The molecule has 0 spiro atoms. The first-order valence-electron chi connectivity index (χ1n) is 6.28. The maximum atomic E-state index is 8.97. The number of halogens is 2. The molecule has 1 heterocycles. The molecule has 0 fully saturated rings. The van der Waals surface area contributed by atoms with E-state index in [2.05, 4.69) is 31.9 Å². The number of rotatable bonds is 2. The molecule has 0 aliphatic heterocycles. The SMILES string of the molecule is COc1cc(O)ccc1Br.COc1cc2occc2cc1Br. The van der Waals surface area contributed by atoms with E-state index in [1.807, 2.05) is 18.2 Å². The highest BCUT2D eigenvalue weighted by Crippen LogP contribution is 2.30. The number of benzene rings is 2. The molecule has 0 amide bonds. The number of hydrogen-bond donors (Lipinski definition) is 1. The summed E-state index contributed by atoms with van der Waals surface area (Å²) in [5.41, 5.74) is 0.843. The van der Waals surface area contributed by atoms with Crippen molar-refractivity contribution >= 4 is 42.8 Å². The predicted molar refractivity (Wildman–Crippen MR) is 92.8 cm³/mol. The van der Waals surface area contributed by atoms with Crippen LogP contribution in [0, 0.1) is 0 Å². The molecule has 0 unspecified atom stereocenters. The molecule has 0 radical (unpaired) electrons. The van der Waals surface area contributed by atoms with Crippen molar-refractivity contribution in [3.05, 3.63) is 51.6 Å². The Morgan fingerprint density at radius 3 is 2.23 bits per heavy atom. The zero-order chi connectivity index (χ0) is 16.1. The van der Waals surface area contributed by atoms with Crippen LogP contribution in [0.5, 0.6) is 17.2 Å². The van der Waals surface area contributed by atoms with E-state index >= 15 is 0 Å². The van der Waals surface area contributed by atoms with E-state index in [0.29, 0.717) is 5.75 Å². The third kappa shape index (κ3) is 3.96. The molecule has 1 aromatic heterocycles. The summed E-state index contributed by atoms with van der Waals surface area (Å²) in [6.45, 7) is 0. The molecule has 0 atom stereocenters. The van der Waals surface area contributed by atoms with Gasteiger partial charge < -0.3 is 19.0 Å². The van der Waals surface area contributed by atoms with E-state index < -0.39 is 0 Å². The molecule has 116 valence electrons. The normalized spacial score (nSPS) is 10.0. The van der Waals surface area contributed by atoms with Crippen molar-refractivity contribution in [3.63, 3.8) is 0 Å². The molecular weight excluding hydrogens is 416 g/mol. The fraction of sp³-hybridized carbons (Fsp3) is 0.125. The second kappa shape index (κ2) is 7.56. The Labute approximate surface area is 144 Å². The second-order valence-electron chi connectivity index (χ2n) is 4.26. The van der Waals surface area contributed by atoms with Crippen molar-refractivity contribution in [2.24, 2.45) is 0 Å². The molecule has 6 heteroatoms. The summed E-state index contributed by atoms with van der Waals surface area (Å²) in [4.78, 5) is 0. The maximum absolute atomic E-state index is 8.97. The summed E-state index contributed by atoms with van der Waals surface area (Å²) >= 11 is 6.65. The Morgan fingerprint density at radius 1 is 0.909 bits per heavy atom. The smallest absolute Gasteiger partial charge is 0.137 e. The predicted octanol–water partition coefficient (Wildman–Crippen LogP) is 5.37. The van der Waals surface area contributed by atoms with Gasteiger partial charge in [-0.15, -0.1) is 0 Å². The van der Waals surface area contributed by atoms with Crippen LogP contribution in [0.2, 0.25) is 0 Å². The molecule has 0 bridgehead atoms. The van der Waals surface area contributed by atoms with Gasteiger partial charge in [-0.3, -0.25) is 0 Å². The van der Waals surface area contributed by atoms with E-state index in [1.165, 1.54) is 0 Å². The van der Waals surface area contributed by atoms with Gasteiger partial charge in [-0.1, -0.05) is 0 Å². The average Bonchev–Trinajstić information content (AvgIpc) is 2.96. The molecule has 0 aliphatic rings. The van der Waals surface area contributed by atoms with E-state index in [4.69, 9.17) is 19.0 Å². The van der Waals surface area contributed by atoms with Crippen LogP contribution in [0.1, 0.15) is 0 Å². The van der Waals surface area contributed by atoms with Crippen LogP contribution >= 0.6 is 31.9 Å². The van der Waals surface area contributed by atoms with Gasteiger partial charge in [0.15, 0.2) is 0 Å². The number of ether oxygens (including phenoxy) is 2. The van der Waals surface area contributed by atoms with Crippen LogP contribution in [0.15, 0.2) is 56.0 Å². The first-order valence-corrected chi connectivity index (χ1v) is 7.87. The highest BCUT2D eigenvalue weighted by Gasteiger charge is 2.03. The Kier molecular flexibility index (Phi) is 5.74. The van der Waals surface area contributed by atoms with Gasteiger partial charge in [0.2, 0.25) is 0 Å². The third-order valence-electron chi connectivity index (χ3n) is 2.86. The molecule has 3 rings (SSSR count). The number of phenolic OH excluding ortho intramolecular Hbond substituents is 1. The topological polar surface area (TPSA) is 51.8 Å². The van der Waals surface area contributed by atoms with Gasteiger partial charge in [-0.2, -0.15) is 0 Å². The van der Waals surface area contributed by atoms with Crippen molar-refractivity contribution < 1.29 is 19.0 Å². The molecule has 0 saturated carbocycles. The number of hydrogen-bond acceptors (Lipinski definition) is 4. The van der Waals surface area contributed by atoms with Crippen molar-refractivity contribution in [1.82, 2.24) is 0 Å². The summed E-state index contributed by atoms with van der Waals surface area (Å²) < 4.78 is 17.0. The number of furan rings is 1. The first kappa shape index (κ1) is 16.7. The number of phenols is 1. The summed E-state index contributed by atoms with van der Waals surface area (Å²) in [7, 11) is 3.19. The zero-order valence-corrected chi connectivity index (χ0v) is 15.1. The van der Waals surface area contributed by atoms with Gasteiger partial charge in [0.1, 0.15) is 22.8 Å². The molecule has 2 aromatic carbocycles.